The second kappa shape index (κ2) is 12.2. The van der Waals surface area contributed by atoms with Crippen molar-refractivity contribution in [2.45, 2.75) is 12.6 Å². The maximum atomic E-state index is 12.1. The lowest BCUT2D eigenvalue weighted by molar-refractivity contribution is -0.138. The summed E-state index contributed by atoms with van der Waals surface area (Å²) in [6.07, 6.45) is 0. The molecule has 0 radical (unpaired) electrons. The van der Waals surface area contributed by atoms with Gasteiger partial charge in [-0.15, -0.1) is 0 Å². The fraction of sp³-hybridized carbons (Fsp3) is 0.375. The van der Waals surface area contributed by atoms with Crippen molar-refractivity contribution in [3.05, 3.63) is 35.9 Å². The van der Waals surface area contributed by atoms with Crippen LogP contribution in [-0.4, -0.2) is 59.0 Å². The van der Waals surface area contributed by atoms with Gasteiger partial charge in [-0.1, -0.05) is 52.9 Å². The summed E-state index contributed by atoms with van der Waals surface area (Å²) in [6, 6.07) is 8.15. The van der Waals surface area contributed by atoms with Crippen molar-refractivity contribution >= 4 is 46.3 Å². The molecule has 142 valence electrons. The Balaban J connectivity index is 2.56. The monoisotopic (exact) mass is 484 g/mol. The number of aliphatic carboxylic acids is 1. The van der Waals surface area contributed by atoms with Crippen LogP contribution in [0.15, 0.2) is 30.3 Å². The first-order chi connectivity index (χ1) is 12.4. The number of rotatable bonds is 11. The van der Waals surface area contributed by atoms with Gasteiger partial charge in [-0.05, 0) is 5.56 Å². The fourth-order valence-corrected chi connectivity index (χ4v) is 2.08. The summed E-state index contributed by atoms with van der Waals surface area (Å²) in [6.45, 7) is -0.782. The average molecular weight is 484 g/mol. The maximum absolute atomic E-state index is 12.1. The Kier molecular flexibility index (Phi) is 10.2. The van der Waals surface area contributed by atoms with Crippen molar-refractivity contribution < 1.29 is 29.0 Å². The van der Waals surface area contributed by atoms with E-state index in [9.17, 15) is 19.2 Å². The summed E-state index contributed by atoms with van der Waals surface area (Å²) in [7, 11) is 0. The topological polar surface area (TPSA) is 134 Å². The zero-order chi connectivity index (χ0) is 19.4. The van der Waals surface area contributed by atoms with Gasteiger partial charge in [-0.25, -0.2) is 0 Å². The van der Waals surface area contributed by atoms with E-state index in [1.165, 1.54) is 0 Å². The molecule has 1 aromatic rings. The van der Waals surface area contributed by atoms with Gasteiger partial charge < -0.3 is 25.8 Å². The van der Waals surface area contributed by atoms with Crippen LogP contribution in [-0.2, 0) is 30.5 Å². The lowest BCUT2D eigenvalue weighted by atomic mass is 10.3. The predicted molar refractivity (Wildman–Crippen MR) is 101 cm³/mol. The third-order valence-corrected chi connectivity index (χ3v) is 3.72. The maximum Gasteiger partial charge on any atom is 0.322 e. The quantitative estimate of drug-likeness (QED) is 0.144. The second-order valence-electron chi connectivity index (χ2n) is 5.14. The molecular formula is C16H20IN3O6. The fourth-order valence-electron chi connectivity index (χ4n) is 1.81. The molecule has 0 aliphatic heterocycles. The van der Waals surface area contributed by atoms with E-state index in [1.54, 1.807) is 0 Å². The number of carboxylic acids is 1. The molecule has 1 atom stereocenters. The highest BCUT2D eigenvalue weighted by atomic mass is 127. The standard InChI is InChI=1S/C16H20IN3O6/c17-6-13(21)18-7-14(22)20-12(16(25)19-8-15(23)24)10-26-9-11-4-2-1-3-5-11/h1-5,12H,6-10H2,(H,18,21)(H,19,25)(H,20,22)(H,23,24)/i4+1,7+1,8+1,9+1,14+1,15+1,18+1. The molecule has 26 heavy (non-hydrogen) atoms. The van der Waals surface area contributed by atoms with Gasteiger partial charge in [0, 0.05) is 0 Å². The zero-order valence-electron chi connectivity index (χ0n) is 13.9. The van der Waals surface area contributed by atoms with Crippen LogP contribution < -0.4 is 16.0 Å². The third kappa shape index (κ3) is 9.32. The van der Waals surface area contributed by atoms with Gasteiger partial charge in [0.2, 0.25) is 17.7 Å². The van der Waals surface area contributed by atoms with Crippen LogP contribution in [0.3, 0.4) is 0 Å². The highest BCUT2D eigenvalue weighted by Crippen LogP contribution is 2.01. The Morgan fingerprint density at radius 1 is 1.04 bits per heavy atom. The minimum absolute atomic E-state index is 0.147. The van der Waals surface area contributed by atoms with Crippen molar-refractivity contribution in [2.24, 2.45) is 0 Å². The van der Waals surface area contributed by atoms with E-state index < -0.39 is 30.4 Å². The highest BCUT2D eigenvalue weighted by molar-refractivity contribution is 14.1. The Hall–Kier alpha value is -2.21. The number of carbonyl (C=O) groups excluding carboxylic acids is 3. The largest absolute Gasteiger partial charge is 0.480 e. The third-order valence-electron chi connectivity index (χ3n) is 3.03. The molecule has 0 fully saturated rings. The summed E-state index contributed by atoms with van der Waals surface area (Å²) in [5, 5.41) is 15.6. The minimum atomic E-state index is -1.21. The molecule has 1 unspecified atom stereocenters. The van der Waals surface area contributed by atoms with Crippen LogP contribution in [0.2, 0.25) is 0 Å². The molecule has 1 rings (SSSR count). The first-order valence-corrected chi connectivity index (χ1v) is 9.18. The summed E-state index contributed by atoms with van der Waals surface area (Å²) in [5.74, 6) is -2.79. The summed E-state index contributed by atoms with van der Waals surface area (Å²) < 4.78 is 5.65. The first kappa shape index (κ1) is 21.8. The van der Waals surface area contributed by atoms with Gasteiger partial charge in [0.05, 0.1) is 24.2 Å². The van der Waals surface area contributed by atoms with Crippen LogP contribution >= 0.6 is 22.6 Å². The number of alkyl halides is 1. The molecule has 10 heteroatoms. The SMILES string of the molecule is O=C(CI)[15NH][13CH2][13C](=O)NC(CO[13CH2]c1cccc[13cH]1)C(=O)N[13CH2][13C](=O)O. The van der Waals surface area contributed by atoms with Gasteiger partial charge in [0.25, 0.3) is 0 Å². The molecule has 4 N–H and O–H groups in total. The Labute approximate surface area is 164 Å². The molecule has 0 saturated heterocycles. The van der Waals surface area contributed by atoms with Crippen molar-refractivity contribution in [1.29, 1.82) is 0 Å². The number of benzene rings is 1. The van der Waals surface area contributed by atoms with Crippen molar-refractivity contribution in [3.63, 3.8) is 0 Å². The lowest BCUT2D eigenvalue weighted by Crippen LogP contribution is -2.52. The van der Waals surface area contributed by atoms with Gasteiger partial charge >= 0.3 is 5.97 Å². The molecule has 0 aliphatic rings. The minimum Gasteiger partial charge on any atom is -0.480 e. The van der Waals surface area contributed by atoms with Gasteiger partial charge in [0.15, 0.2) is 0 Å². The van der Waals surface area contributed by atoms with Gasteiger partial charge in [-0.2, -0.15) is 0 Å². The van der Waals surface area contributed by atoms with Crippen LogP contribution in [0.4, 0.5) is 0 Å². The molecule has 0 saturated carbocycles. The summed E-state index contributed by atoms with van der Waals surface area (Å²) in [4.78, 5) is 45.7. The molecule has 0 spiro atoms. The van der Waals surface area contributed by atoms with E-state index in [0.29, 0.717) is 0 Å². The highest BCUT2D eigenvalue weighted by Gasteiger charge is 2.21. The van der Waals surface area contributed by atoms with E-state index in [2.05, 4.69) is 16.0 Å². The Bertz CT molecular complexity index is 626. The molecule has 0 aromatic heterocycles. The van der Waals surface area contributed by atoms with Crippen LogP contribution in [0.25, 0.3) is 0 Å². The zero-order valence-corrected chi connectivity index (χ0v) is 16.0. The normalized spacial score (nSPS) is 11.3. The number of nitrogens with one attached hydrogen (secondary N) is 3. The summed E-state index contributed by atoms with van der Waals surface area (Å²) in [5.41, 5.74) is 0.887. The molecule has 3 amide bonds. The number of amides is 3. The van der Waals surface area contributed by atoms with E-state index in [1.807, 2.05) is 52.9 Å². The molecule has 0 heterocycles. The van der Waals surface area contributed by atoms with Gasteiger partial charge in [0.1, 0.15) is 12.6 Å². The van der Waals surface area contributed by atoms with E-state index in [-0.39, 0.29) is 30.1 Å². The smallest absolute Gasteiger partial charge is 0.322 e. The number of halogens is 1. The number of hydrogen-bond acceptors (Lipinski definition) is 5. The van der Waals surface area contributed by atoms with Gasteiger partial charge in [-0.3, -0.25) is 19.2 Å². The van der Waals surface area contributed by atoms with Crippen LogP contribution in [0, 0.1) is 0 Å². The lowest BCUT2D eigenvalue weighted by Gasteiger charge is -2.18. The van der Waals surface area contributed by atoms with Crippen molar-refractivity contribution in [3.8, 4) is 0 Å². The van der Waals surface area contributed by atoms with Crippen molar-refractivity contribution in [2.75, 3.05) is 24.1 Å². The Morgan fingerprint density at radius 3 is 2.35 bits per heavy atom. The average Bonchev–Trinajstić information content (AvgIpc) is 2.64. The molecule has 0 bridgehead atoms. The van der Waals surface area contributed by atoms with Crippen LogP contribution in [0.5, 0.6) is 0 Å². The summed E-state index contributed by atoms with van der Waals surface area (Å²) >= 11 is 1.85. The first-order valence-electron chi connectivity index (χ1n) is 7.65. The second-order valence-corrected chi connectivity index (χ2v) is 5.91. The van der Waals surface area contributed by atoms with E-state index in [0.717, 1.165) is 5.56 Å². The number of ether oxygens (including phenoxy) is 1. The number of carbonyl (C=O) groups is 4. The molecular weight excluding hydrogens is 464 g/mol. The number of carboxylic acid groups (broad SMARTS) is 1. The predicted octanol–water partition coefficient (Wildman–Crippen LogP) is -0.560. The van der Waals surface area contributed by atoms with E-state index >= 15 is 0 Å². The van der Waals surface area contributed by atoms with Crippen LogP contribution in [0.1, 0.15) is 5.56 Å². The molecule has 9 nitrogen and oxygen atoms in total. The van der Waals surface area contributed by atoms with Crippen molar-refractivity contribution in [1.82, 2.24) is 16.0 Å². The van der Waals surface area contributed by atoms with E-state index in [4.69, 9.17) is 9.84 Å². The molecule has 0 aliphatic carbocycles. The Morgan fingerprint density at radius 2 is 1.73 bits per heavy atom. The number of hydrogen-bond donors (Lipinski definition) is 4. The molecule has 1 aromatic carbocycles.